The number of nitro groups is 1. The Labute approximate surface area is 189 Å². The number of hydrogen-bond donors (Lipinski definition) is 2. The van der Waals surface area contributed by atoms with Crippen molar-refractivity contribution in [3.8, 4) is 5.75 Å². The second-order valence-corrected chi connectivity index (χ2v) is 6.95. The molecule has 2 aromatic heterocycles. The maximum absolute atomic E-state index is 12.0. The summed E-state index contributed by atoms with van der Waals surface area (Å²) in [5.41, 5.74) is -0.184. The molecule has 2 amide bonds. The molecule has 32 heavy (non-hydrogen) atoms. The normalized spacial score (nSPS) is 10.6. The van der Waals surface area contributed by atoms with Crippen molar-refractivity contribution in [3.63, 3.8) is 0 Å². The van der Waals surface area contributed by atoms with Crippen molar-refractivity contribution in [1.82, 2.24) is 30.6 Å². The lowest BCUT2D eigenvalue weighted by Crippen LogP contribution is -2.36. The van der Waals surface area contributed by atoms with E-state index in [1.165, 1.54) is 16.9 Å². The van der Waals surface area contributed by atoms with E-state index in [0.29, 0.717) is 15.8 Å². The van der Waals surface area contributed by atoms with Crippen LogP contribution in [0, 0.1) is 10.1 Å². The minimum atomic E-state index is -0.642. The monoisotopic (exact) mass is 483 g/mol. The van der Waals surface area contributed by atoms with E-state index in [0.717, 1.165) is 6.20 Å². The molecule has 0 atom stereocenters. The maximum Gasteiger partial charge on any atom is 0.316 e. The summed E-state index contributed by atoms with van der Waals surface area (Å²) in [7, 11) is 0. The molecule has 1 aromatic carbocycles. The summed E-state index contributed by atoms with van der Waals surface area (Å²) in [4.78, 5) is 37.8. The van der Waals surface area contributed by atoms with Crippen LogP contribution in [0.4, 0.5) is 5.69 Å². The first-order valence-electron chi connectivity index (χ1n) is 8.94. The van der Waals surface area contributed by atoms with E-state index < -0.39 is 16.7 Å². The van der Waals surface area contributed by atoms with Gasteiger partial charge in [-0.1, -0.05) is 28.4 Å². The van der Waals surface area contributed by atoms with Crippen LogP contribution < -0.4 is 15.4 Å². The quantitative estimate of drug-likeness (QED) is 0.246. The van der Waals surface area contributed by atoms with Crippen LogP contribution in [0.25, 0.3) is 0 Å². The zero-order valence-corrected chi connectivity index (χ0v) is 17.7. The van der Waals surface area contributed by atoms with E-state index in [2.05, 4.69) is 25.9 Å². The van der Waals surface area contributed by atoms with Crippen molar-refractivity contribution in [2.45, 2.75) is 6.54 Å². The molecule has 0 radical (unpaired) electrons. The minimum absolute atomic E-state index is 0.0144. The van der Waals surface area contributed by atoms with Gasteiger partial charge in [-0.15, -0.1) is 0 Å². The highest BCUT2D eigenvalue weighted by atomic mass is 35.5. The Bertz CT molecular complexity index is 1130. The molecule has 168 valence electrons. The standard InChI is InChI=1S/C17H15Cl2N7O6/c18-12-2-1-11(5-13(12)19)31-9-15(27)20-3-4-21-16(28)17-23-14(24-32-17)8-25-7-10(6-22-25)26(29)30/h1-2,5-7H,3-4,8-9H2,(H,20,27)(H,21,28). The summed E-state index contributed by atoms with van der Waals surface area (Å²) in [5, 5.41) is 23.8. The van der Waals surface area contributed by atoms with Crippen LogP contribution in [0.5, 0.6) is 5.75 Å². The second-order valence-electron chi connectivity index (χ2n) is 6.14. The average molecular weight is 484 g/mol. The van der Waals surface area contributed by atoms with Crippen LogP contribution >= 0.6 is 23.2 Å². The van der Waals surface area contributed by atoms with Crippen LogP contribution in [0.3, 0.4) is 0 Å². The molecule has 15 heteroatoms. The number of aromatic nitrogens is 4. The van der Waals surface area contributed by atoms with Crippen LogP contribution in [-0.2, 0) is 11.3 Å². The Kier molecular flexibility index (Phi) is 7.57. The van der Waals surface area contributed by atoms with Gasteiger partial charge in [-0.25, -0.2) is 0 Å². The average Bonchev–Trinajstić information content (AvgIpc) is 3.42. The van der Waals surface area contributed by atoms with Gasteiger partial charge in [0.05, 0.1) is 15.0 Å². The minimum Gasteiger partial charge on any atom is -0.484 e. The molecular formula is C17H15Cl2N7O6. The summed E-state index contributed by atoms with van der Waals surface area (Å²) in [6, 6.07) is 4.62. The largest absolute Gasteiger partial charge is 0.484 e. The van der Waals surface area contributed by atoms with E-state index in [1.807, 2.05) is 0 Å². The number of halogens is 2. The zero-order valence-electron chi connectivity index (χ0n) is 16.2. The van der Waals surface area contributed by atoms with Gasteiger partial charge in [-0.2, -0.15) is 10.1 Å². The lowest BCUT2D eigenvalue weighted by atomic mass is 10.3. The van der Waals surface area contributed by atoms with Gasteiger partial charge >= 0.3 is 17.5 Å². The summed E-state index contributed by atoms with van der Waals surface area (Å²) in [5.74, 6) is -0.841. The van der Waals surface area contributed by atoms with Gasteiger partial charge in [0, 0.05) is 19.2 Å². The molecule has 0 aliphatic carbocycles. The van der Waals surface area contributed by atoms with Gasteiger partial charge < -0.3 is 19.9 Å². The number of rotatable bonds is 10. The van der Waals surface area contributed by atoms with E-state index in [4.69, 9.17) is 32.5 Å². The topological polar surface area (TPSA) is 167 Å². The Balaban J connectivity index is 1.37. The van der Waals surface area contributed by atoms with Gasteiger partial charge in [0.25, 0.3) is 5.91 Å². The predicted octanol–water partition coefficient (Wildman–Crippen LogP) is 1.45. The van der Waals surface area contributed by atoms with Crippen LogP contribution in [0.15, 0.2) is 35.1 Å². The Morgan fingerprint density at radius 3 is 2.72 bits per heavy atom. The third-order valence-electron chi connectivity index (χ3n) is 3.79. The summed E-state index contributed by atoms with van der Waals surface area (Å²) in [6.45, 7) is -0.0301. The van der Waals surface area contributed by atoms with Crippen LogP contribution in [0.1, 0.15) is 16.5 Å². The van der Waals surface area contributed by atoms with Crippen molar-refractivity contribution >= 4 is 40.7 Å². The Morgan fingerprint density at radius 1 is 1.22 bits per heavy atom. The van der Waals surface area contributed by atoms with Crippen LogP contribution in [0.2, 0.25) is 10.0 Å². The fourth-order valence-electron chi connectivity index (χ4n) is 2.31. The lowest BCUT2D eigenvalue weighted by Gasteiger charge is -2.08. The molecule has 0 fully saturated rings. The molecule has 0 aliphatic heterocycles. The number of amides is 2. The molecule has 3 rings (SSSR count). The fourth-order valence-corrected chi connectivity index (χ4v) is 2.60. The number of ether oxygens (including phenoxy) is 1. The van der Waals surface area contributed by atoms with E-state index >= 15 is 0 Å². The molecule has 3 aromatic rings. The molecule has 0 saturated heterocycles. The van der Waals surface area contributed by atoms with Gasteiger partial charge in [-0.05, 0) is 12.1 Å². The highest BCUT2D eigenvalue weighted by molar-refractivity contribution is 6.42. The molecule has 0 aliphatic rings. The summed E-state index contributed by atoms with van der Waals surface area (Å²) in [6.07, 6.45) is 2.28. The number of nitrogens with one attached hydrogen (secondary N) is 2. The smallest absolute Gasteiger partial charge is 0.316 e. The van der Waals surface area contributed by atoms with Gasteiger partial charge in [0.1, 0.15) is 24.7 Å². The van der Waals surface area contributed by atoms with Crippen molar-refractivity contribution in [2.24, 2.45) is 0 Å². The number of benzene rings is 1. The maximum atomic E-state index is 12.0. The Hall–Kier alpha value is -3.71. The number of carbonyl (C=O) groups is 2. The SMILES string of the molecule is O=C(COc1ccc(Cl)c(Cl)c1)NCCNC(=O)c1nc(Cn2cc([N+](=O)[O-])cn2)no1. The highest BCUT2D eigenvalue weighted by Crippen LogP contribution is 2.26. The highest BCUT2D eigenvalue weighted by Gasteiger charge is 2.16. The molecular weight excluding hydrogens is 469 g/mol. The molecule has 0 spiro atoms. The second kappa shape index (κ2) is 10.5. The zero-order chi connectivity index (χ0) is 23.1. The fraction of sp³-hybridized carbons (Fsp3) is 0.235. The first-order valence-corrected chi connectivity index (χ1v) is 9.69. The summed E-state index contributed by atoms with van der Waals surface area (Å²) >= 11 is 11.7. The Morgan fingerprint density at radius 2 is 2.00 bits per heavy atom. The van der Waals surface area contributed by atoms with Crippen molar-refractivity contribution < 1.29 is 23.8 Å². The van der Waals surface area contributed by atoms with Crippen LogP contribution in [-0.4, -0.2) is 56.4 Å². The van der Waals surface area contributed by atoms with E-state index in [9.17, 15) is 19.7 Å². The predicted molar refractivity (Wildman–Crippen MR) is 110 cm³/mol. The molecule has 2 heterocycles. The number of carbonyl (C=O) groups excluding carboxylic acids is 2. The van der Waals surface area contributed by atoms with Gasteiger partial charge in [-0.3, -0.25) is 24.4 Å². The lowest BCUT2D eigenvalue weighted by molar-refractivity contribution is -0.385. The molecule has 2 N–H and O–H groups in total. The van der Waals surface area contributed by atoms with Gasteiger partial charge in [0.15, 0.2) is 12.4 Å². The van der Waals surface area contributed by atoms with E-state index in [-0.39, 0.29) is 43.6 Å². The van der Waals surface area contributed by atoms with Crippen molar-refractivity contribution in [3.05, 3.63) is 62.5 Å². The number of nitrogens with zero attached hydrogens (tertiary/aromatic N) is 5. The molecule has 13 nitrogen and oxygen atoms in total. The van der Waals surface area contributed by atoms with Crippen molar-refractivity contribution in [1.29, 1.82) is 0 Å². The molecule has 0 saturated carbocycles. The third-order valence-corrected chi connectivity index (χ3v) is 4.53. The van der Waals surface area contributed by atoms with Gasteiger partial charge in [0.2, 0.25) is 0 Å². The number of hydrogen-bond acceptors (Lipinski definition) is 9. The molecule has 0 unspecified atom stereocenters. The van der Waals surface area contributed by atoms with E-state index in [1.54, 1.807) is 12.1 Å². The molecule has 0 bridgehead atoms. The first kappa shape index (κ1) is 23.0. The summed E-state index contributed by atoms with van der Waals surface area (Å²) < 4.78 is 11.4. The first-order chi connectivity index (χ1) is 15.3. The third kappa shape index (κ3) is 6.39. The van der Waals surface area contributed by atoms with Crippen molar-refractivity contribution in [2.75, 3.05) is 19.7 Å².